The lowest BCUT2D eigenvalue weighted by atomic mass is 9.72. The molecule has 0 saturated carbocycles. The summed E-state index contributed by atoms with van der Waals surface area (Å²) in [6.45, 7) is 6.39. The number of fused-ring (bicyclic) bond motifs is 1. The maximum absolute atomic E-state index is 13.0. The predicted octanol–water partition coefficient (Wildman–Crippen LogP) is 6.41. The Morgan fingerprint density at radius 3 is 2.30 bits per heavy atom. The van der Waals surface area contributed by atoms with Crippen molar-refractivity contribution in [3.8, 4) is 0 Å². The van der Waals surface area contributed by atoms with Crippen LogP contribution in [0.3, 0.4) is 0 Å². The third-order valence-corrected chi connectivity index (χ3v) is 7.00. The summed E-state index contributed by atoms with van der Waals surface area (Å²) in [6.07, 6.45) is -2.95. The second kappa shape index (κ2) is 8.34. The third kappa shape index (κ3) is 5.06. The van der Waals surface area contributed by atoms with Crippen LogP contribution in [0.15, 0.2) is 28.7 Å². The number of anilines is 2. The maximum atomic E-state index is 13.0. The number of hydrogen-bond donors (Lipinski definition) is 2. The molecule has 0 bridgehead atoms. The summed E-state index contributed by atoms with van der Waals surface area (Å²) in [5.41, 5.74) is 1.41. The standard InChI is InChI=1S/C21H22BrF3N2O2S/c1-20(2,3)11-4-9-14-15(10-11)30-18(27-19(29)21(23,24)25)16(14)17(28)26-13-7-5-12(22)6-8-13/h5-8,11H,4,9-10H2,1-3H3,(H,26,28)(H,27,29). The van der Waals surface area contributed by atoms with Gasteiger partial charge in [0.05, 0.1) is 5.56 Å². The summed E-state index contributed by atoms with van der Waals surface area (Å²) >= 11 is 4.38. The average molecular weight is 503 g/mol. The monoisotopic (exact) mass is 502 g/mol. The van der Waals surface area contributed by atoms with Crippen LogP contribution < -0.4 is 10.6 Å². The van der Waals surface area contributed by atoms with Crippen LogP contribution in [0.5, 0.6) is 0 Å². The minimum atomic E-state index is -5.03. The van der Waals surface area contributed by atoms with Crippen LogP contribution in [-0.4, -0.2) is 18.0 Å². The quantitative estimate of drug-likeness (QED) is 0.508. The molecule has 2 N–H and O–H groups in total. The molecular formula is C21H22BrF3N2O2S. The molecule has 2 aromatic rings. The Morgan fingerprint density at radius 2 is 1.73 bits per heavy atom. The van der Waals surface area contributed by atoms with Crippen molar-refractivity contribution in [1.29, 1.82) is 0 Å². The number of benzene rings is 1. The van der Waals surface area contributed by atoms with Gasteiger partial charge in [-0.3, -0.25) is 9.59 Å². The van der Waals surface area contributed by atoms with E-state index < -0.39 is 18.0 Å². The topological polar surface area (TPSA) is 58.2 Å². The average Bonchev–Trinajstić information content (AvgIpc) is 2.99. The Hall–Kier alpha value is -1.87. The number of amides is 2. The lowest BCUT2D eigenvalue weighted by molar-refractivity contribution is -0.167. The smallest absolute Gasteiger partial charge is 0.322 e. The number of alkyl halides is 3. The van der Waals surface area contributed by atoms with Gasteiger partial charge in [-0.05, 0) is 60.4 Å². The summed E-state index contributed by atoms with van der Waals surface area (Å²) in [6, 6.07) is 6.87. The Bertz CT molecular complexity index is 962. The molecule has 1 aliphatic rings. The molecule has 3 rings (SSSR count). The van der Waals surface area contributed by atoms with E-state index in [1.807, 2.05) is 5.32 Å². The van der Waals surface area contributed by atoms with E-state index in [1.54, 1.807) is 24.3 Å². The molecule has 162 valence electrons. The molecule has 0 saturated heterocycles. The maximum Gasteiger partial charge on any atom is 0.471 e. The van der Waals surface area contributed by atoms with Gasteiger partial charge in [0.15, 0.2) is 0 Å². The molecule has 1 atom stereocenters. The fraction of sp³-hybridized carbons (Fsp3) is 0.429. The van der Waals surface area contributed by atoms with E-state index in [0.29, 0.717) is 24.4 Å². The van der Waals surface area contributed by atoms with Gasteiger partial charge in [-0.25, -0.2) is 0 Å². The summed E-state index contributed by atoms with van der Waals surface area (Å²) in [4.78, 5) is 25.4. The van der Waals surface area contributed by atoms with Crippen molar-refractivity contribution in [3.63, 3.8) is 0 Å². The van der Waals surface area contributed by atoms with Gasteiger partial charge in [0.1, 0.15) is 5.00 Å². The first-order chi connectivity index (χ1) is 13.9. The van der Waals surface area contributed by atoms with Gasteiger partial charge in [-0.15, -0.1) is 11.3 Å². The molecule has 1 heterocycles. The molecule has 0 radical (unpaired) electrons. The Balaban J connectivity index is 1.97. The number of nitrogens with one attached hydrogen (secondary N) is 2. The normalized spacial score (nSPS) is 16.7. The summed E-state index contributed by atoms with van der Waals surface area (Å²) in [7, 11) is 0. The number of thiophene rings is 1. The predicted molar refractivity (Wildman–Crippen MR) is 116 cm³/mol. The van der Waals surface area contributed by atoms with E-state index in [9.17, 15) is 22.8 Å². The molecule has 1 aromatic carbocycles. The highest BCUT2D eigenvalue weighted by Gasteiger charge is 2.41. The molecule has 4 nitrogen and oxygen atoms in total. The van der Waals surface area contributed by atoms with E-state index in [2.05, 4.69) is 42.0 Å². The van der Waals surface area contributed by atoms with E-state index in [-0.39, 0.29) is 16.0 Å². The lowest BCUT2D eigenvalue weighted by Crippen LogP contribution is -2.30. The van der Waals surface area contributed by atoms with Crippen molar-refractivity contribution < 1.29 is 22.8 Å². The minimum Gasteiger partial charge on any atom is -0.322 e. The van der Waals surface area contributed by atoms with Gasteiger partial charge < -0.3 is 10.6 Å². The van der Waals surface area contributed by atoms with Crippen LogP contribution in [0.4, 0.5) is 23.9 Å². The van der Waals surface area contributed by atoms with E-state index in [1.165, 1.54) is 0 Å². The first-order valence-corrected chi connectivity index (χ1v) is 11.1. The van der Waals surface area contributed by atoms with E-state index in [4.69, 9.17) is 0 Å². The number of carbonyl (C=O) groups is 2. The van der Waals surface area contributed by atoms with Crippen molar-refractivity contribution in [2.75, 3.05) is 10.6 Å². The zero-order chi connectivity index (χ0) is 22.3. The highest BCUT2D eigenvalue weighted by atomic mass is 79.9. The summed E-state index contributed by atoms with van der Waals surface area (Å²) in [5, 5.41) is 4.60. The van der Waals surface area contributed by atoms with Crippen molar-refractivity contribution in [2.24, 2.45) is 11.3 Å². The second-order valence-corrected chi connectivity index (χ2v) is 10.4. The van der Waals surface area contributed by atoms with Crippen LogP contribution in [0.25, 0.3) is 0 Å². The first-order valence-electron chi connectivity index (χ1n) is 9.46. The highest BCUT2D eigenvalue weighted by molar-refractivity contribution is 9.10. The van der Waals surface area contributed by atoms with Crippen LogP contribution in [0.1, 0.15) is 48.0 Å². The minimum absolute atomic E-state index is 0.0386. The van der Waals surface area contributed by atoms with Crippen molar-refractivity contribution in [3.05, 3.63) is 44.7 Å². The number of carbonyl (C=O) groups excluding carboxylic acids is 2. The van der Waals surface area contributed by atoms with Crippen LogP contribution in [0.2, 0.25) is 0 Å². The molecule has 2 amide bonds. The highest BCUT2D eigenvalue weighted by Crippen LogP contribution is 2.44. The molecule has 1 aliphatic carbocycles. The molecular weight excluding hydrogens is 481 g/mol. The first kappa shape index (κ1) is 22.8. The summed E-state index contributed by atoms with van der Waals surface area (Å²) < 4.78 is 39.4. The molecule has 0 aliphatic heterocycles. The molecule has 0 spiro atoms. The van der Waals surface area contributed by atoms with E-state index in [0.717, 1.165) is 32.7 Å². The van der Waals surface area contributed by atoms with Crippen molar-refractivity contribution >= 4 is 49.8 Å². The van der Waals surface area contributed by atoms with E-state index >= 15 is 0 Å². The molecule has 1 aromatic heterocycles. The Morgan fingerprint density at radius 1 is 1.10 bits per heavy atom. The van der Waals surface area contributed by atoms with Crippen LogP contribution >= 0.6 is 27.3 Å². The van der Waals surface area contributed by atoms with Gasteiger partial charge >= 0.3 is 12.1 Å². The Kier molecular flexibility index (Phi) is 6.34. The number of hydrogen-bond acceptors (Lipinski definition) is 3. The molecule has 1 unspecified atom stereocenters. The number of rotatable bonds is 3. The van der Waals surface area contributed by atoms with Crippen LogP contribution in [0, 0.1) is 11.3 Å². The fourth-order valence-corrected chi connectivity index (χ4v) is 5.14. The van der Waals surface area contributed by atoms with Crippen molar-refractivity contribution in [2.45, 2.75) is 46.2 Å². The van der Waals surface area contributed by atoms with Crippen molar-refractivity contribution in [1.82, 2.24) is 0 Å². The zero-order valence-corrected chi connectivity index (χ0v) is 19.1. The van der Waals surface area contributed by atoms with Crippen LogP contribution in [-0.2, 0) is 17.6 Å². The molecule has 0 fully saturated rings. The SMILES string of the molecule is CC(C)(C)C1CCc2c(sc(NC(=O)C(F)(F)F)c2C(=O)Nc2ccc(Br)cc2)C1. The number of halogens is 4. The Labute approximate surface area is 185 Å². The van der Waals surface area contributed by atoms with Gasteiger partial charge in [-0.2, -0.15) is 13.2 Å². The van der Waals surface area contributed by atoms with Gasteiger partial charge in [0.25, 0.3) is 5.91 Å². The fourth-order valence-electron chi connectivity index (χ4n) is 3.55. The third-order valence-electron chi connectivity index (χ3n) is 5.30. The molecule has 9 heteroatoms. The van der Waals surface area contributed by atoms with Gasteiger partial charge in [0.2, 0.25) is 0 Å². The second-order valence-electron chi connectivity index (χ2n) is 8.43. The summed E-state index contributed by atoms with van der Waals surface area (Å²) in [5.74, 6) is -2.26. The van der Waals surface area contributed by atoms with Gasteiger partial charge in [-0.1, -0.05) is 36.7 Å². The molecule has 30 heavy (non-hydrogen) atoms. The van der Waals surface area contributed by atoms with Gasteiger partial charge in [0, 0.05) is 15.0 Å². The zero-order valence-electron chi connectivity index (χ0n) is 16.7. The lowest BCUT2D eigenvalue weighted by Gasteiger charge is -2.33. The largest absolute Gasteiger partial charge is 0.471 e.